The van der Waals surface area contributed by atoms with Crippen LogP contribution in [0.3, 0.4) is 0 Å². The Kier molecular flexibility index (Phi) is 25.2. The lowest BCUT2D eigenvalue weighted by Crippen LogP contribution is -2.50. The Balaban J connectivity index is 1.18. The number of hydrogen-bond acceptors (Lipinski definition) is 9. The summed E-state index contributed by atoms with van der Waals surface area (Å²) in [5, 5.41) is 0.480. The monoisotopic (exact) mass is 956 g/mol. The number of fused-ring (bicyclic) bond motifs is 5. The highest BCUT2D eigenvalue weighted by molar-refractivity contribution is 8.77. The largest absolute Gasteiger partial charge is 0.756 e. The Labute approximate surface area is 402 Å². The van der Waals surface area contributed by atoms with Crippen molar-refractivity contribution in [3.63, 3.8) is 0 Å². The van der Waals surface area contributed by atoms with Gasteiger partial charge in [0.1, 0.15) is 25.0 Å². The lowest BCUT2D eigenvalue weighted by molar-refractivity contribution is -0.870. The molecule has 3 saturated carbocycles. The second kappa shape index (κ2) is 28.6. The predicted octanol–water partition coefficient (Wildman–Crippen LogP) is 14.4. The maximum absolute atomic E-state index is 13.2. The summed E-state index contributed by atoms with van der Waals surface area (Å²) in [5.74, 6) is 4.87. The highest BCUT2D eigenvalue weighted by atomic mass is 33.1. The molecule has 0 N–H and O–H groups in total. The molecule has 0 saturated heterocycles. The molecule has 4 aliphatic rings. The number of hydrogen-bond donors (Lipinski definition) is 0. The van der Waals surface area contributed by atoms with Crippen molar-refractivity contribution in [3.8, 4) is 0 Å². The van der Waals surface area contributed by atoms with E-state index in [1.54, 1.807) is 16.4 Å². The van der Waals surface area contributed by atoms with Crippen LogP contribution in [0.15, 0.2) is 11.6 Å². The van der Waals surface area contributed by atoms with Gasteiger partial charge in [-0.25, -0.2) is 0 Å². The third-order valence-electron chi connectivity index (χ3n) is 16.3. The predicted molar refractivity (Wildman–Crippen MR) is 270 cm³/mol. The van der Waals surface area contributed by atoms with E-state index in [9.17, 15) is 14.3 Å². The molecule has 4 rings (SSSR count). The maximum atomic E-state index is 13.2. The quantitative estimate of drug-likeness (QED) is 0.0156. The Morgan fingerprint density at radius 3 is 2.11 bits per heavy atom. The molecule has 0 spiro atoms. The molecular formula is C53H98NO7PS2. The van der Waals surface area contributed by atoms with E-state index in [2.05, 4.69) is 47.6 Å². The molecule has 0 aliphatic heterocycles. The van der Waals surface area contributed by atoms with Crippen molar-refractivity contribution < 1.29 is 37.3 Å². The van der Waals surface area contributed by atoms with E-state index >= 15 is 0 Å². The van der Waals surface area contributed by atoms with Crippen LogP contribution in [-0.4, -0.2) is 81.7 Å². The smallest absolute Gasteiger partial charge is 0.317 e. The lowest BCUT2D eigenvalue weighted by atomic mass is 9.47. The number of allylic oxidation sites excluding steroid dienone is 2. The summed E-state index contributed by atoms with van der Waals surface area (Å²) in [4.78, 5) is 25.8. The molecule has 0 aromatic carbocycles. The zero-order valence-electron chi connectivity index (χ0n) is 42.7. The molecule has 0 radical (unpaired) electrons. The van der Waals surface area contributed by atoms with Gasteiger partial charge in [-0.05, 0) is 104 Å². The summed E-state index contributed by atoms with van der Waals surface area (Å²) in [6.07, 6.45) is 34.5. The number of ether oxygens (including phenoxy) is 2. The topological polar surface area (TPSA) is 94.1 Å². The number of unbranched alkanes of at least 4 members (excludes halogenated alkanes) is 13. The number of phosphoric ester groups is 1. The van der Waals surface area contributed by atoms with Crippen LogP contribution in [0.4, 0.5) is 0 Å². The molecule has 0 amide bonds. The lowest BCUT2D eigenvalue weighted by Gasteiger charge is -2.58. The number of nitrogens with zero attached hydrogens (tertiary/aromatic N) is 1. The Bertz CT molecular complexity index is 1410. The van der Waals surface area contributed by atoms with Gasteiger partial charge in [0.25, 0.3) is 7.82 Å². The van der Waals surface area contributed by atoms with Crippen molar-refractivity contribution in [3.05, 3.63) is 11.6 Å². The summed E-state index contributed by atoms with van der Waals surface area (Å²) in [5.41, 5.74) is 2.50. The van der Waals surface area contributed by atoms with Gasteiger partial charge in [0.15, 0.2) is 0 Å². The fourth-order valence-electron chi connectivity index (χ4n) is 12.5. The van der Waals surface area contributed by atoms with Gasteiger partial charge in [0.05, 0.1) is 34.4 Å². The summed E-state index contributed by atoms with van der Waals surface area (Å²) < 4.78 is 35.3. The Morgan fingerprint density at radius 2 is 1.47 bits per heavy atom. The molecule has 0 aromatic heterocycles. The first-order chi connectivity index (χ1) is 30.5. The van der Waals surface area contributed by atoms with Gasteiger partial charge >= 0.3 is 5.97 Å². The number of carbonyl (C=O) groups is 1. The van der Waals surface area contributed by atoms with Gasteiger partial charge in [-0.1, -0.05) is 178 Å². The first-order valence-corrected chi connectivity index (χ1v) is 30.5. The minimum atomic E-state index is -4.56. The summed E-state index contributed by atoms with van der Waals surface area (Å²) in [7, 11) is 4.75. The SMILES string of the molecule is CCCCCCCCCCCCCCCCOCC(COP(=O)([O-])OCC[N+](C)(C)C)OC(=O)CSSC1CC[C@@]2(C)C(=CC[C@H]3[C@@H]4CC[C@H]([C@H](C)CCCC(C)C)[C@@]4(C)CC[C@@H]32)C1. The van der Waals surface area contributed by atoms with Crippen molar-refractivity contribution in [1.82, 2.24) is 0 Å². The number of likely N-dealkylation sites (N-methyl/N-ethyl adjacent to an activating group) is 1. The highest BCUT2D eigenvalue weighted by Crippen LogP contribution is 2.67. The van der Waals surface area contributed by atoms with E-state index in [0.717, 1.165) is 54.8 Å². The van der Waals surface area contributed by atoms with E-state index in [1.807, 2.05) is 31.9 Å². The van der Waals surface area contributed by atoms with Gasteiger partial charge in [-0.15, -0.1) is 0 Å². The summed E-state index contributed by atoms with van der Waals surface area (Å²) in [6, 6.07) is 0. The third kappa shape index (κ3) is 19.0. The minimum absolute atomic E-state index is 0.0230. The number of esters is 1. The van der Waals surface area contributed by atoms with Gasteiger partial charge in [0, 0.05) is 11.9 Å². The molecule has 0 bridgehead atoms. The fraction of sp³-hybridized carbons (Fsp3) is 0.943. The fourth-order valence-corrected chi connectivity index (χ4v) is 15.7. The minimum Gasteiger partial charge on any atom is -0.756 e. The van der Waals surface area contributed by atoms with Crippen LogP contribution in [0.1, 0.15) is 202 Å². The first kappa shape index (κ1) is 56.5. The zero-order chi connectivity index (χ0) is 46.6. The standard InChI is InChI=1S/C53H98NO7PS2/c1-10-11-12-13-14-15-16-17-18-19-20-21-22-23-36-58-39-45(40-60-62(56,57)59-37-35-54(7,8)9)61-51(55)41-63-64-46-31-33-52(5)44(38-46)27-28-47-49-30-29-48(43(4)26-24-25-42(2)3)53(49,6)34-32-50(47)52/h27,42-43,45-50H,10-26,28-41H2,1-9H3/t43-,45?,46?,47+,48-,49+,50+,52+,53-/m1/s1. The van der Waals surface area contributed by atoms with Gasteiger partial charge in [-0.2, -0.15) is 0 Å². The van der Waals surface area contributed by atoms with Crippen LogP contribution in [0.2, 0.25) is 0 Å². The molecule has 374 valence electrons. The molecule has 3 unspecified atom stereocenters. The Hall–Kier alpha value is -0.0600. The second-order valence-electron chi connectivity index (χ2n) is 22.9. The molecule has 10 atom stereocenters. The van der Waals surface area contributed by atoms with Crippen LogP contribution in [0.25, 0.3) is 0 Å². The van der Waals surface area contributed by atoms with E-state index in [-0.39, 0.29) is 31.5 Å². The van der Waals surface area contributed by atoms with Crippen LogP contribution < -0.4 is 4.89 Å². The van der Waals surface area contributed by atoms with Crippen LogP contribution in [0.5, 0.6) is 0 Å². The molecule has 8 nitrogen and oxygen atoms in total. The number of carbonyl (C=O) groups excluding carboxylic acids is 1. The number of rotatable bonds is 34. The molecule has 0 heterocycles. The van der Waals surface area contributed by atoms with E-state index in [4.69, 9.17) is 18.5 Å². The van der Waals surface area contributed by atoms with Crippen LogP contribution in [-0.2, 0) is 27.9 Å². The first-order valence-electron chi connectivity index (χ1n) is 26.6. The van der Waals surface area contributed by atoms with E-state index in [1.165, 1.54) is 141 Å². The average molecular weight is 956 g/mol. The van der Waals surface area contributed by atoms with Crippen molar-refractivity contribution in [2.24, 2.45) is 46.3 Å². The molecular weight excluding hydrogens is 858 g/mol. The molecule has 4 aliphatic carbocycles. The zero-order valence-corrected chi connectivity index (χ0v) is 45.2. The van der Waals surface area contributed by atoms with Gasteiger partial charge in [-0.3, -0.25) is 9.36 Å². The van der Waals surface area contributed by atoms with Crippen molar-refractivity contribution in [2.45, 2.75) is 213 Å². The van der Waals surface area contributed by atoms with Crippen molar-refractivity contribution in [1.29, 1.82) is 0 Å². The van der Waals surface area contributed by atoms with Crippen LogP contribution >= 0.6 is 29.4 Å². The highest BCUT2D eigenvalue weighted by Gasteiger charge is 2.59. The van der Waals surface area contributed by atoms with Crippen molar-refractivity contribution >= 4 is 35.4 Å². The summed E-state index contributed by atoms with van der Waals surface area (Å²) >= 11 is 0. The van der Waals surface area contributed by atoms with E-state index < -0.39 is 13.9 Å². The normalized spacial score (nSPS) is 28.8. The third-order valence-corrected chi connectivity index (χ3v) is 20.0. The number of phosphoric acid groups is 1. The Morgan fingerprint density at radius 1 is 0.812 bits per heavy atom. The van der Waals surface area contributed by atoms with Gasteiger partial charge < -0.3 is 27.9 Å². The maximum Gasteiger partial charge on any atom is 0.317 e. The van der Waals surface area contributed by atoms with Crippen LogP contribution in [0, 0.1) is 46.3 Å². The molecule has 3 fully saturated rings. The molecule has 64 heavy (non-hydrogen) atoms. The number of quaternary nitrogens is 1. The van der Waals surface area contributed by atoms with Crippen molar-refractivity contribution in [2.75, 3.05) is 59.9 Å². The average Bonchev–Trinajstić information content (AvgIpc) is 3.59. The summed E-state index contributed by atoms with van der Waals surface area (Å²) in [6.45, 7) is 15.7. The molecule has 11 heteroatoms. The van der Waals surface area contributed by atoms with E-state index in [0.29, 0.717) is 33.7 Å². The second-order valence-corrected chi connectivity index (χ2v) is 27.0. The van der Waals surface area contributed by atoms with Gasteiger partial charge in [0.2, 0.25) is 0 Å². The molecule has 0 aromatic rings.